The Bertz CT molecular complexity index is 484. The highest BCUT2D eigenvalue weighted by molar-refractivity contribution is 5.91. The summed E-state index contributed by atoms with van der Waals surface area (Å²) in [6.07, 6.45) is 3.55. The fraction of sp³-hybridized carbons (Fsp3) is 0.294. The summed E-state index contributed by atoms with van der Waals surface area (Å²) in [5.74, 6) is 0. The number of hydrogen-bond donors (Lipinski definition) is 1. The lowest BCUT2D eigenvalue weighted by atomic mass is 10.00. The maximum Gasteiger partial charge on any atom is -0.00560 e. The Labute approximate surface area is 111 Å². The average Bonchev–Trinajstić information content (AvgIpc) is 2.46. The van der Waals surface area contributed by atoms with E-state index in [0.29, 0.717) is 0 Å². The molecule has 2 rings (SSSR count). The largest absolute Gasteiger partial charge is 0.405 e. The minimum absolute atomic E-state index is 1.21. The standard InChI is InChI=1S/C13H13N.2C2H6/c1-10-6-7-11-4-2-3-5-13(11)12(10)8-9-14;2*1-2/h2-9H,14H2,1H3;2*1-2H3/b9-8-;;. The van der Waals surface area contributed by atoms with Gasteiger partial charge in [0.1, 0.15) is 0 Å². The van der Waals surface area contributed by atoms with Gasteiger partial charge in [-0.15, -0.1) is 0 Å². The Kier molecular flexibility index (Phi) is 8.38. The second-order valence-corrected chi connectivity index (χ2v) is 3.38. The van der Waals surface area contributed by atoms with Gasteiger partial charge in [-0.1, -0.05) is 64.1 Å². The van der Waals surface area contributed by atoms with E-state index in [9.17, 15) is 0 Å². The number of aryl methyl sites for hydroxylation is 1. The summed E-state index contributed by atoms with van der Waals surface area (Å²) in [6, 6.07) is 12.6. The lowest BCUT2D eigenvalue weighted by Gasteiger charge is -2.05. The van der Waals surface area contributed by atoms with Gasteiger partial charge in [-0.05, 0) is 41.1 Å². The predicted molar refractivity (Wildman–Crippen MR) is 84.6 cm³/mol. The molecule has 0 radical (unpaired) electrons. The summed E-state index contributed by atoms with van der Waals surface area (Å²) in [5.41, 5.74) is 7.91. The van der Waals surface area contributed by atoms with E-state index in [1.54, 1.807) is 6.20 Å². The molecule has 0 unspecified atom stereocenters. The van der Waals surface area contributed by atoms with Gasteiger partial charge in [0.2, 0.25) is 0 Å². The Hall–Kier alpha value is -1.76. The van der Waals surface area contributed by atoms with E-state index in [-0.39, 0.29) is 0 Å². The molecule has 2 aromatic carbocycles. The molecule has 0 aliphatic rings. The van der Waals surface area contributed by atoms with Crippen LogP contribution in [0.2, 0.25) is 0 Å². The van der Waals surface area contributed by atoms with Crippen molar-refractivity contribution < 1.29 is 0 Å². The van der Waals surface area contributed by atoms with Crippen molar-refractivity contribution in [2.24, 2.45) is 5.73 Å². The van der Waals surface area contributed by atoms with E-state index in [1.165, 1.54) is 21.9 Å². The number of hydrogen-bond acceptors (Lipinski definition) is 1. The van der Waals surface area contributed by atoms with Crippen LogP contribution in [0.5, 0.6) is 0 Å². The lowest BCUT2D eigenvalue weighted by Crippen LogP contribution is -1.85. The van der Waals surface area contributed by atoms with Crippen molar-refractivity contribution in [3.05, 3.63) is 53.7 Å². The summed E-state index contributed by atoms with van der Waals surface area (Å²) in [4.78, 5) is 0. The molecule has 0 fully saturated rings. The van der Waals surface area contributed by atoms with Crippen molar-refractivity contribution in [3.63, 3.8) is 0 Å². The zero-order valence-corrected chi connectivity index (χ0v) is 12.2. The van der Waals surface area contributed by atoms with E-state index in [2.05, 4.69) is 37.3 Å². The Morgan fingerprint density at radius 2 is 1.50 bits per heavy atom. The van der Waals surface area contributed by atoms with Gasteiger partial charge < -0.3 is 5.73 Å². The van der Waals surface area contributed by atoms with Crippen molar-refractivity contribution in [3.8, 4) is 0 Å². The molecule has 0 aromatic heterocycles. The molecule has 2 N–H and O–H groups in total. The number of fused-ring (bicyclic) bond motifs is 1. The zero-order chi connectivity index (χ0) is 14.0. The topological polar surface area (TPSA) is 26.0 Å². The smallest absolute Gasteiger partial charge is 0.00560 e. The van der Waals surface area contributed by atoms with Gasteiger partial charge >= 0.3 is 0 Å². The number of rotatable bonds is 1. The lowest BCUT2D eigenvalue weighted by molar-refractivity contribution is 1.47. The fourth-order valence-electron chi connectivity index (χ4n) is 1.72. The van der Waals surface area contributed by atoms with Gasteiger partial charge in [0.25, 0.3) is 0 Å². The molecule has 0 atom stereocenters. The Morgan fingerprint density at radius 1 is 0.889 bits per heavy atom. The van der Waals surface area contributed by atoms with Crippen molar-refractivity contribution in [2.45, 2.75) is 34.6 Å². The van der Waals surface area contributed by atoms with Gasteiger partial charge in [-0.3, -0.25) is 0 Å². The van der Waals surface area contributed by atoms with Gasteiger partial charge in [-0.2, -0.15) is 0 Å². The molecule has 0 heterocycles. The summed E-state index contributed by atoms with van der Waals surface area (Å²) in [6.45, 7) is 10.1. The first-order valence-electron chi connectivity index (χ1n) is 6.69. The molecule has 0 saturated heterocycles. The van der Waals surface area contributed by atoms with Gasteiger partial charge in [0, 0.05) is 0 Å². The van der Waals surface area contributed by atoms with Crippen molar-refractivity contribution >= 4 is 16.8 Å². The summed E-state index contributed by atoms with van der Waals surface area (Å²) in [7, 11) is 0. The molecule has 0 aliphatic carbocycles. The summed E-state index contributed by atoms with van der Waals surface area (Å²) in [5, 5.41) is 2.51. The third kappa shape index (κ3) is 3.92. The van der Waals surface area contributed by atoms with Crippen LogP contribution in [0.4, 0.5) is 0 Å². The van der Waals surface area contributed by atoms with E-state index in [1.807, 2.05) is 39.8 Å². The molecule has 0 aliphatic heterocycles. The van der Waals surface area contributed by atoms with Crippen LogP contribution >= 0.6 is 0 Å². The molecule has 1 heteroatoms. The van der Waals surface area contributed by atoms with E-state index >= 15 is 0 Å². The van der Waals surface area contributed by atoms with Crippen LogP contribution in [0.1, 0.15) is 38.8 Å². The first kappa shape index (κ1) is 16.2. The number of benzene rings is 2. The van der Waals surface area contributed by atoms with Crippen molar-refractivity contribution in [1.29, 1.82) is 0 Å². The normalized spacial score (nSPS) is 9.39. The molecular weight excluding hydrogens is 218 g/mol. The molecule has 0 spiro atoms. The summed E-state index contributed by atoms with van der Waals surface area (Å²) >= 11 is 0. The maximum atomic E-state index is 5.44. The van der Waals surface area contributed by atoms with Crippen LogP contribution in [-0.4, -0.2) is 0 Å². The first-order chi connectivity index (χ1) is 8.83. The highest BCUT2D eigenvalue weighted by atomic mass is 14.5. The minimum atomic E-state index is 1.21. The predicted octanol–water partition coefficient (Wildman–Crippen LogP) is 5.13. The molecule has 0 saturated carbocycles. The molecule has 0 bridgehead atoms. The van der Waals surface area contributed by atoms with Crippen LogP contribution in [0.3, 0.4) is 0 Å². The van der Waals surface area contributed by atoms with Crippen LogP contribution < -0.4 is 5.73 Å². The van der Waals surface area contributed by atoms with Crippen molar-refractivity contribution in [1.82, 2.24) is 0 Å². The molecule has 2 aromatic rings. The van der Waals surface area contributed by atoms with Crippen molar-refractivity contribution in [2.75, 3.05) is 0 Å². The molecule has 0 amide bonds. The maximum absolute atomic E-state index is 5.44. The second kappa shape index (κ2) is 9.29. The van der Waals surface area contributed by atoms with Gasteiger partial charge in [0.05, 0.1) is 0 Å². The second-order valence-electron chi connectivity index (χ2n) is 3.38. The fourth-order valence-corrected chi connectivity index (χ4v) is 1.72. The first-order valence-corrected chi connectivity index (χ1v) is 6.69. The highest BCUT2D eigenvalue weighted by Crippen LogP contribution is 2.22. The quantitative estimate of drug-likeness (QED) is 0.738. The van der Waals surface area contributed by atoms with Crippen LogP contribution in [0, 0.1) is 6.92 Å². The van der Waals surface area contributed by atoms with Gasteiger partial charge in [-0.25, -0.2) is 0 Å². The van der Waals surface area contributed by atoms with Crippen LogP contribution in [0.25, 0.3) is 16.8 Å². The Balaban J connectivity index is 0.000000659. The van der Waals surface area contributed by atoms with Crippen LogP contribution in [0.15, 0.2) is 42.6 Å². The third-order valence-electron chi connectivity index (χ3n) is 2.45. The average molecular weight is 243 g/mol. The summed E-state index contributed by atoms with van der Waals surface area (Å²) < 4.78 is 0. The SMILES string of the molecule is CC.CC.Cc1ccc2ccccc2c1/C=C\N. The Morgan fingerprint density at radius 3 is 2.11 bits per heavy atom. The monoisotopic (exact) mass is 243 g/mol. The number of nitrogens with two attached hydrogens (primary N) is 1. The molecule has 1 nitrogen and oxygen atoms in total. The highest BCUT2D eigenvalue weighted by Gasteiger charge is 1.99. The van der Waals surface area contributed by atoms with Crippen LogP contribution in [-0.2, 0) is 0 Å². The zero-order valence-electron chi connectivity index (χ0n) is 12.2. The van der Waals surface area contributed by atoms with Gasteiger partial charge in [0.15, 0.2) is 0 Å². The molecule has 18 heavy (non-hydrogen) atoms. The molecular formula is C17H25N. The van der Waals surface area contributed by atoms with E-state index in [4.69, 9.17) is 5.73 Å². The van der Waals surface area contributed by atoms with E-state index < -0.39 is 0 Å². The third-order valence-corrected chi connectivity index (χ3v) is 2.45. The van der Waals surface area contributed by atoms with E-state index in [0.717, 1.165) is 0 Å². The molecule has 98 valence electrons. The minimum Gasteiger partial charge on any atom is -0.405 e.